The van der Waals surface area contributed by atoms with Crippen molar-refractivity contribution in [2.75, 3.05) is 31.2 Å². The Kier molecular flexibility index (Phi) is 4.88. The van der Waals surface area contributed by atoms with Gasteiger partial charge in [-0.25, -0.2) is 9.97 Å². The van der Waals surface area contributed by atoms with Crippen molar-refractivity contribution in [1.82, 2.24) is 15.3 Å². The van der Waals surface area contributed by atoms with Crippen LogP contribution in [0.3, 0.4) is 0 Å². The maximum atomic E-state index is 12.2. The first kappa shape index (κ1) is 15.9. The van der Waals surface area contributed by atoms with Crippen molar-refractivity contribution in [1.29, 1.82) is 0 Å². The molecule has 0 aliphatic carbocycles. The van der Waals surface area contributed by atoms with Crippen LogP contribution in [-0.2, 0) is 11.3 Å². The minimum atomic E-state index is -0.0910. The van der Waals surface area contributed by atoms with Crippen LogP contribution in [0, 0.1) is 13.8 Å². The third-order valence-electron chi connectivity index (χ3n) is 3.67. The Balaban J connectivity index is 1.64. The van der Waals surface area contributed by atoms with Crippen molar-refractivity contribution in [2.45, 2.75) is 20.4 Å². The average molecular weight is 332 g/mol. The molecule has 0 atom stereocenters. The van der Waals surface area contributed by atoms with Gasteiger partial charge in [0.2, 0.25) is 0 Å². The van der Waals surface area contributed by atoms with Crippen LogP contribution in [-0.4, -0.2) is 42.2 Å². The van der Waals surface area contributed by atoms with Gasteiger partial charge < -0.3 is 15.0 Å². The van der Waals surface area contributed by atoms with Crippen LogP contribution in [0.5, 0.6) is 0 Å². The van der Waals surface area contributed by atoms with Crippen molar-refractivity contribution < 1.29 is 9.53 Å². The number of thiazole rings is 1. The van der Waals surface area contributed by atoms with Gasteiger partial charge in [0.05, 0.1) is 36.2 Å². The fraction of sp³-hybridized carbons (Fsp3) is 0.438. The minimum Gasteiger partial charge on any atom is -0.378 e. The molecule has 0 saturated carbocycles. The highest BCUT2D eigenvalue weighted by molar-refractivity contribution is 7.13. The van der Waals surface area contributed by atoms with Gasteiger partial charge in [0.25, 0.3) is 5.91 Å². The van der Waals surface area contributed by atoms with Gasteiger partial charge in [-0.1, -0.05) is 6.07 Å². The van der Waals surface area contributed by atoms with Gasteiger partial charge in [-0.2, -0.15) is 0 Å². The Hall–Kier alpha value is -1.99. The fourth-order valence-corrected chi connectivity index (χ4v) is 3.36. The molecule has 7 heteroatoms. The van der Waals surface area contributed by atoms with Gasteiger partial charge in [-0.3, -0.25) is 4.79 Å². The first-order chi connectivity index (χ1) is 11.1. The Morgan fingerprint density at radius 2 is 2.09 bits per heavy atom. The topological polar surface area (TPSA) is 67.4 Å². The van der Waals surface area contributed by atoms with Gasteiger partial charge in [-0.15, -0.1) is 11.3 Å². The Labute approximate surface area is 139 Å². The molecule has 1 aliphatic heterocycles. The van der Waals surface area contributed by atoms with Crippen LogP contribution in [0.2, 0.25) is 0 Å². The maximum Gasteiger partial charge on any atom is 0.263 e. The van der Waals surface area contributed by atoms with Gasteiger partial charge in [-0.05, 0) is 26.0 Å². The number of nitrogens with one attached hydrogen (secondary N) is 1. The van der Waals surface area contributed by atoms with E-state index < -0.39 is 0 Å². The third-order valence-corrected chi connectivity index (χ3v) is 4.74. The smallest absolute Gasteiger partial charge is 0.263 e. The number of carbonyl (C=O) groups is 1. The van der Waals surface area contributed by atoms with E-state index in [9.17, 15) is 4.79 Å². The third kappa shape index (κ3) is 3.86. The second-order valence-corrected chi connectivity index (χ2v) is 6.62. The van der Waals surface area contributed by atoms with E-state index in [0.717, 1.165) is 48.5 Å². The van der Waals surface area contributed by atoms with Crippen LogP contribution in [0.15, 0.2) is 18.2 Å². The van der Waals surface area contributed by atoms with Gasteiger partial charge in [0.15, 0.2) is 0 Å². The molecule has 2 aromatic rings. The van der Waals surface area contributed by atoms with E-state index in [1.54, 1.807) is 0 Å². The molecule has 23 heavy (non-hydrogen) atoms. The summed E-state index contributed by atoms with van der Waals surface area (Å²) < 4.78 is 5.36. The van der Waals surface area contributed by atoms with E-state index in [4.69, 9.17) is 4.74 Å². The summed E-state index contributed by atoms with van der Waals surface area (Å²) in [5.41, 5.74) is 1.63. The van der Waals surface area contributed by atoms with Crippen molar-refractivity contribution in [3.8, 4) is 0 Å². The van der Waals surface area contributed by atoms with Crippen LogP contribution >= 0.6 is 11.3 Å². The number of morpholine rings is 1. The van der Waals surface area contributed by atoms with E-state index in [1.165, 1.54) is 11.3 Å². The predicted octanol–water partition coefficient (Wildman–Crippen LogP) is 1.92. The van der Waals surface area contributed by atoms with E-state index in [-0.39, 0.29) is 5.91 Å². The summed E-state index contributed by atoms with van der Waals surface area (Å²) in [6, 6.07) is 5.89. The molecule has 0 spiro atoms. The zero-order chi connectivity index (χ0) is 16.2. The van der Waals surface area contributed by atoms with E-state index in [0.29, 0.717) is 11.4 Å². The highest BCUT2D eigenvalue weighted by Crippen LogP contribution is 2.17. The van der Waals surface area contributed by atoms with Crippen LogP contribution < -0.4 is 10.2 Å². The number of nitrogens with zero attached hydrogens (tertiary/aromatic N) is 3. The van der Waals surface area contributed by atoms with Gasteiger partial charge in [0, 0.05) is 13.1 Å². The summed E-state index contributed by atoms with van der Waals surface area (Å²) >= 11 is 1.42. The molecular formula is C16H20N4O2S. The molecule has 0 bridgehead atoms. The number of anilines is 1. The highest BCUT2D eigenvalue weighted by Gasteiger charge is 2.15. The molecule has 1 saturated heterocycles. The summed E-state index contributed by atoms with van der Waals surface area (Å²) in [5.74, 6) is 0.844. The monoisotopic (exact) mass is 332 g/mol. The lowest BCUT2D eigenvalue weighted by Gasteiger charge is -2.28. The number of hydrogen-bond donors (Lipinski definition) is 1. The quantitative estimate of drug-likeness (QED) is 0.926. The number of aromatic nitrogens is 2. The first-order valence-electron chi connectivity index (χ1n) is 7.64. The zero-order valence-electron chi connectivity index (χ0n) is 13.3. The second-order valence-electron chi connectivity index (χ2n) is 5.42. The van der Waals surface area contributed by atoms with Gasteiger partial charge >= 0.3 is 0 Å². The molecule has 2 aromatic heterocycles. The molecule has 6 nitrogen and oxygen atoms in total. The molecule has 0 radical (unpaired) electrons. The van der Waals surface area contributed by atoms with Crippen molar-refractivity contribution >= 4 is 23.1 Å². The lowest BCUT2D eigenvalue weighted by atomic mass is 10.3. The molecular weight excluding hydrogens is 312 g/mol. The lowest BCUT2D eigenvalue weighted by Crippen LogP contribution is -2.37. The molecule has 1 aliphatic rings. The highest BCUT2D eigenvalue weighted by atomic mass is 32.1. The van der Waals surface area contributed by atoms with Crippen LogP contribution in [0.4, 0.5) is 5.82 Å². The zero-order valence-corrected chi connectivity index (χ0v) is 14.2. The number of carbonyl (C=O) groups excluding carboxylic acids is 1. The normalized spacial score (nSPS) is 14.8. The number of ether oxygens (including phenoxy) is 1. The molecule has 0 aromatic carbocycles. The van der Waals surface area contributed by atoms with Crippen LogP contribution in [0.1, 0.15) is 26.1 Å². The van der Waals surface area contributed by atoms with Crippen molar-refractivity contribution in [3.05, 3.63) is 39.5 Å². The number of rotatable bonds is 4. The fourth-order valence-electron chi connectivity index (χ4n) is 2.53. The summed E-state index contributed by atoms with van der Waals surface area (Å²) in [5, 5.41) is 3.83. The minimum absolute atomic E-state index is 0.0910. The van der Waals surface area contributed by atoms with E-state index in [1.807, 2.05) is 32.0 Å². The molecule has 0 unspecified atom stereocenters. The van der Waals surface area contributed by atoms with E-state index in [2.05, 4.69) is 20.2 Å². The van der Waals surface area contributed by atoms with Crippen molar-refractivity contribution in [3.63, 3.8) is 0 Å². The Morgan fingerprint density at radius 1 is 1.30 bits per heavy atom. The molecule has 3 heterocycles. The summed E-state index contributed by atoms with van der Waals surface area (Å²) in [4.78, 5) is 24.0. The Bertz CT molecular complexity index is 695. The maximum absolute atomic E-state index is 12.2. The molecule has 1 amide bonds. The lowest BCUT2D eigenvalue weighted by molar-refractivity contribution is 0.0953. The second kappa shape index (κ2) is 7.06. The van der Waals surface area contributed by atoms with Crippen LogP contribution in [0.25, 0.3) is 0 Å². The standard InChI is InChI=1S/C16H20N4O2S/c1-11-15(23-12(2)18-11)16(21)17-10-13-4-3-5-14(19-13)20-6-8-22-9-7-20/h3-5H,6-10H2,1-2H3,(H,17,21). The summed E-state index contributed by atoms with van der Waals surface area (Å²) in [6.07, 6.45) is 0. The number of aryl methyl sites for hydroxylation is 2. The number of amides is 1. The van der Waals surface area contributed by atoms with Gasteiger partial charge in [0.1, 0.15) is 10.7 Å². The molecule has 3 rings (SSSR count). The largest absolute Gasteiger partial charge is 0.378 e. The molecule has 1 N–H and O–H groups in total. The number of hydrogen-bond acceptors (Lipinski definition) is 6. The first-order valence-corrected chi connectivity index (χ1v) is 8.46. The Morgan fingerprint density at radius 3 is 2.78 bits per heavy atom. The van der Waals surface area contributed by atoms with Crippen molar-refractivity contribution in [2.24, 2.45) is 0 Å². The van der Waals surface area contributed by atoms with E-state index >= 15 is 0 Å². The predicted molar refractivity (Wildman–Crippen MR) is 90.0 cm³/mol. The summed E-state index contributed by atoms with van der Waals surface area (Å²) in [7, 11) is 0. The molecule has 1 fully saturated rings. The summed E-state index contributed by atoms with van der Waals surface area (Å²) in [6.45, 7) is 7.33. The number of pyridine rings is 1. The molecule has 122 valence electrons. The SMILES string of the molecule is Cc1nc(C)c(C(=O)NCc2cccc(N3CCOCC3)n2)s1. The average Bonchev–Trinajstić information content (AvgIpc) is 2.92.